The third kappa shape index (κ3) is 5.22. The van der Waals surface area contributed by atoms with E-state index in [0.29, 0.717) is 31.6 Å². The molecule has 53 heavy (non-hydrogen) atoms. The highest BCUT2D eigenvalue weighted by Gasteiger charge is 2.70. The molecule has 8 rings (SSSR count). The quantitative estimate of drug-likeness (QED) is 0.0911. The van der Waals surface area contributed by atoms with Gasteiger partial charge in [0.2, 0.25) is 11.8 Å². The van der Waals surface area contributed by atoms with Crippen LogP contribution >= 0.6 is 22.6 Å². The molecule has 4 aliphatic rings. The van der Waals surface area contributed by atoms with Gasteiger partial charge >= 0.3 is 0 Å². The fourth-order valence-electron chi connectivity index (χ4n) is 9.14. The molecule has 2 aliphatic heterocycles. The van der Waals surface area contributed by atoms with E-state index in [9.17, 15) is 24.3 Å². The Labute approximate surface area is 319 Å². The second-order valence-corrected chi connectivity index (χ2v) is 15.4. The number of phenols is 1. The molecule has 0 bridgehead atoms. The number of aromatic hydroxyl groups is 1. The van der Waals surface area contributed by atoms with Crippen LogP contribution in [0.15, 0.2) is 103 Å². The van der Waals surface area contributed by atoms with E-state index in [-0.39, 0.29) is 41.9 Å². The number of ketones is 1. The van der Waals surface area contributed by atoms with Gasteiger partial charge in [0.1, 0.15) is 0 Å². The van der Waals surface area contributed by atoms with Crippen molar-refractivity contribution in [1.82, 2.24) is 5.01 Å². The number of hydrogen-bond acceptors (Lipinski definition) is 8. The monoisotopic (exact) mass is 821 g/mol. The largest absolute Gasteiger partial charge is 0.504 e. The number of benzene rings is 4. The van der Waals surface area contributed by atoms with Crippen LogP contribution in [0.5, 0.6) is 11.5 Å². The molecule has 0 spiro atoms. The minimum Gasteiger partial charge on any atom is -0.504 e. The first-order chi connectivity index (χ1) is 25.5. The lowest BCUT2D eigenvalue weighted by Crippen LogP contribution is -2.53. The summed E-state index contributed by atoms with van der Waals surface area (Å²) < 4.78 is 6.10. The van der Waals surface area contributed by atoms with Gasteiger partial charge in [-0.2, -0.15) is 5.01 Å². The van der Waals surface area contributed by atoms with Crippen LogP contribution in [0.25, 0.3) is 0 Å². The zero-order chi connectivity index (χ0) is 37.3. The van der Waals surface area contributed by atoms with Gasteiger partial charge in [0.25, 0.3) is 11.8 Å². The number of halogens is 1. The summed E-state index contributed by atoms with van der Waals surface area (Å²) in [6, 6.07) is 26.6. The molecule has 2 saturated heterocycles. The van der Waals surface area contributed by atoms with E-state index in [2.05, 4.69) is 5.43 Å². The molecule has 0 radical (unpaired) electrons. The van der Waals surface area contributed by atoms with Crippen molar-refractivity contribution in [2.45, 2.75) is 38.0 Å². The third-order valence-electron chi connectivity index (χ3n) is 11.5. The maximum atomic E-state index is 15.3. The van der Waals surface area contributed by atoms with Crippen LogP contribution in [0.3, 0.4) is 0 Å². The van der Waals surface area contributed by atoms with Crippen molar-refractivity contribution >= 4 is 63.4 Å². The molecule has 4 aromatic carbocycles. The molecule has 2 N–H and O–H groups in total. The van der Waals surface area contributed by atoms with Gasteiger partial charge in [0, 0.05) is 11.5 Å². The number of carbonyl (C=O) groups excluding carboxylic acids is 5. The normalized spacial score (nSPS) is 26.2. The number of fused-ring (bicyclic) bond motifs is 4. The summed E-state index contributed by atoms with van der Waals surface area (Å²) in [5.74, 6) is -5.26. The van der Waals surface area contributed by atoms with Crippen LogP contribution in [0.2, 0.25) is 0 Å². The van der Waals surface area contributed by atoms with Gasteiger partial charge in [-0.05, 0) is 115 Å². The lowest BCUT2D eigenvalue weighted by molar-refractivity contribution is -0.138. The first kappa shape index (κ1) is 34.8. The van der Waals surface area contributed by atoms with E-state index in [0.717, 1.165) is 16.1 Å². The minimum absolute atomic E-state index is 0.0494. The molecule has 3 fully saturated rings. The molecule has 11 heteroatoms. The second kappa shape index (κ2) is 13.0. The molecule has 10 nitrogen and oxygen atoms in total. The molecule has 4 amide bonds. The van der Waals surface area contributed by atoms with E-state index < -0.39 is 46.8 Å². The van der Waals surface area contributed by atoms with Crippen LogP contribution in [0, 0.1) is 34.2 Å². The van der Waals surface area contributed by atoms with Crippen molar-refractivity contribution in [2.75, 3.05) is 17.4 Å². The number of carbonyl (C=O) groups is 5. The number of imide groups is 2. The molecule has 2 heterocycles. The maximum Gasteiger partial charge on any atom is 0.260 e. The van der Waals surface area contributed by atoms with Crippen LogP contribution in [0.4, 0.5) is 11.4 Å². The Balaban J connectivity index is 1.32. The Morgan fingerprint density at radius 1 is 0.906 bits per heavy atom. The number of phenolic OH excluding ortho intramolecular Hbond substituents is 1. The number of hydrogen-bond donors (Lipinski definition) is 2. The van der Waals surface area contributed by atoms with Crippen LogP contribution in [-0.2, 0) is 24.6 Å². The summed E-state index contributed by atoms with van der Waals surface area (Å²) in [4.78, 5) is 72.1. The summed E-state index contributed by atoms with van der Waals surface area (Å²) >= 11 is 2.03. The van der Waals surface area contributed by atoms with Gasteiger partial charge < -0.3 is 9.84 Å². The Bertz CT molecular complexity index is 2240. The number of Topliss-reactive ketones (excluding diaryl/α,β-unsaturated/α-hetero) is 1. The number of ether oxygens (including phenoxy) is 1. The zero-order valence-corrected chi connectivity index (χ0v) is 31.4. The number of allylic oxidation sites excluding steroid dienone is 2. The molecule has 4 aromatic rings. The number of methoxy groups -OCH3 is 1. The van der Waals surface area contributed by atoms with E-state index in [1.165, 1.54) is 18.9 Å². The summed E-state index contributed by atoms with van der Waals surface area (Å²) in [6.07, 6.45) is 2.40. The molecule has 0 unspecified atom stereocenters. The lowest BCUT2D eigenvalue weighted by atomic mass is 9.49. The SMILES string of the molecule is COc1cc([C@H]2C3=CC[C@@H]4C(=O)N(c5ccc(C(C)=O)cc5)C(=O)[C@@H]4[C@@H]3C[C@H]3C(=O)N(Nc4ccc(C)cc4)C(=O)[C@@]23c2ccccc2)cc(I)c1O. The van der Waals surface area contributed by atoms with Crippen molar-refractivity contribution in [3.8, 4) is 11.5 Å². The molecule has 268 valence electrons. The molecule has 0 aromatic heterocycles. The number of rotatable bonds is 7. The Morgan fingerprint density at radius 3 is 2.26 bits per heavy atom. The molecular weight excluding hydrogens is 785 g/mol. The number of hydrazine groups is 1. The van der Waals surface area contributed by atoms with Crippen molar-refractivity contribution < 1.29 is 33.8 Å². The summed E-state index contributed by atoms with van der Waals surface area (Å²) in [6.45, 7) is 3.40. The van der Waals surface area contributed by atoms with E-state index in [1.54, 1.807) is 36.4 Å². The number of aryl methyl sites for hydroxylation is 1. The highest BCUT2D eigenvalue weighted by atomic mass is 127. The minimum atomic E-state index is -1.45. The number of anilines is 2. The van der Waals surface area contributed by atoms with Crippen LogP contribution in [-0.4, -0.2) is 46.6 Å². The van der Waals surface area contributed by atoms with Crippen LogP contribution < -0.4 is 15.1 Å². The first-order valence-corrected chi connectivity index (χ1v) is 18.6. The lowest BCUT2D eigenvalue weighted by Gasteiger charge is -2.50. The molecule has 1 saturated carbocycles. The molecule has 6 atom stereocenters. The van der Waals surface area contributed by atoms with Gasteiger partial charge in [0.15, 0.2) is 17.3 Å². The number of nitrogens with one attached hydrogen (secondary N) is 1. The first-order valence-electron chi connectivity index (χ1n) is 17.5. The predicted molar refractivity (Wildman–Crippen MR) is 205 cm³/mol. The third-order valence-corrected chi connectivity index (χ3v) is 12.4. The van der Waals surface area contributed by atoms with Gasteiger partial charge in [-0.1, -0.05) is 59.7 Å². The van der Waals surface area contributed by atoms with E-state index >= 15 is 4.79 Å². The number of nitrogens with zero attached hydrogens (tertiary/aromatic N) is 2. The van der Waals surface area contributed by atoms with Gasteiger partial charge in [0.05, 0.1) is 45.2 Å². The maximum absolute atomic E-state index is 15.3. The van der Waals surface area contributed by atoms with E-state index in [1.807, 2.05) is 90.2 Å². The molecular formula is C42H36IN3O7. The van der Waals surface area contributed by atoms with Crippen molar-refractivity contribution in [3.63, 3.8) is 0 Å². The highest BCUT2D eigenvalue weighted by Crippen LogP contribution is 2.64. The smallest absolute Gasteiger partial charge is 0.260 e. The fourth-order valence-corrected chi connectivity index (χ4v) is 9.76. The summed E-state index contributed by atoms with van der Waals surface area (Å²) in [7, 11) is 1.46. The van der Waals surface area contributed by atoms with Gasteiger partial charge in [-0.15, -0.1) is 0 Å². The van der Waals surface area contributed by atoms with E-state index in [4.69, 9.17) is 4.74 Å². The summed E-state index contributed by atoms with van der Waals surface area (Å²) in [5.41, 5.74) is 6.17. The van der Waals surface area contributed by atoms with Crippen molar-refractivity contribution in [3.05, 3.63) is 128 Å². The topological polar surface area (TPSA) is 133 Å². The Hall–Kier alpha value is -5.30. The fraction of sp³-hybridized carbons (Fsp3) is 0.262. The van der Waals surface area contributed by atoms with Crippen LogP contribution in [0.1, 0.15) is 52.7 Å². The summed E-state index contributed by atoms with van der Waals surface area (Å²) in [5, 5.41) is 12.0. The van der Waals surface area contributed by atoms with Crippen molar-refractivity contribution in [1.29, 1.82) is 0 Å². The van der Waals surface area contributed by atoms with Gasteiger partial charge in [-0.25, -0.2) is 0 Å². The highest BCUT2D eigenvalue weighted by molar-refractivity contribution is 14.1. The Kier molecular flexibility index (Phi) is 8.51. The standard InChI is InChI=1S/C42H36IN3O7/c1-22-9-13-27(14-10-22)44-46-39(50)32-21-31-29(17-18-30-35(31)40(51)45(38(30)49)28-15-11-24(12-16-28)23(2)47)36(25-19-33(43)37(48)34(20-25)53-3)42(32,41(46)52)26-7-5-4-6-8-26/h4-17,19-20,30-32,35-36,44,48H,18,21H2,1-3H3/t30-,31+,32-,35-,36-,42+/m0/s1. The predicted octanol–water partition coefficient (Wildman–Crippen LogP) is 6.71. The number of amides is 4. The average Bonchev–Trinajstić information content (AvgIpc) is 3.54. The Morgan fingerprint density at radius 2 is 1.60 bits per heavy atom. The van der Waals surface area contributed by atoms with Crippen molar-refractivity contribution in [2.24, 2.45) is 23.7 Å². The molecule has 2 aliphatic carbocycles. The second-order valence-electron chi connectivity index (χ2n) is 14.3. The zero-order valence-electron chi connectivity index (χ0n) is 29.2. The van der Waals surface area contributed by atoms with Gasteiger partial charge in [-0.3, -0.25) is 34.3 Å². The average molecular weight is 822 g/mol.